The van der Waals surface area contributed by atoms with Gasteiger partial charge in [-0.05, 0) is 49.7 Å². The van der Waals surface area contributed by atoms with Gasteiger partial charge in [-0.1, -0.05) is 0 Å². The fourth-order valence-corrected chi connectivity index (χ4v) is 4.30. The average molecular weight is 445 g/mol. The van der Waals surface area contributed by atoms with Crippen molar-refractivity contribution in [2.75, 3.05) is 23.8 Å². The van der Waals surface area contributed by atoms with E-state index in [9.17, 15) is 26.6 Å². The van der Waals surface area contributed by atoms with Crippen LogP contribution in [0.4, 0.5) is 28.9 Å². The van der Waals surface area contributed by atoms with Crippen molar-refractivity contribution in [1.29, 1.82) is 0 Å². The first-order valence-corrected chi connectivity index (χ1v) is 10.4. The number of hydrogen-bond donors (Lipinski definition) is 1. The number of fused-ring (bicyclic) bond motifs is 1. The first-order valence-electron chi connectivity index (χ1n) is 9.10. The Morgan fingerprint density at radius 2 is 1.93 bits per heavy atom. The molecule has 10 heteroatoms. The van der Waals surface area contributed by atoms with Crippen molar-refractivity contribution in [2.45, 2.75) is 24.4 Å². The fourth-order valence-electron chi connectivity index (χ4n) is 3.04. The molecular formula is C20H19F4NO4S. The summed E-state index contributed by atoms with van der Waals surface area (Å²) in [5, 5.41) is 8.96. The van der Waals surface area contributed by atoms with Crippen molar-refractivity contribution in [3.05, 3.63) is 47.8 Å². The molecule has 5 nitrogen and oxygen atoms in total. The van der Waals surface area contributed by atoms with E-state index in [2.05, 4.69) is 0 Å². The van der Waals surface area contributed by atoms with Gasteiger partial charge in [-0.2, -0.15) is 13.2 Å². The van der Waals surface area contributed by atoms with Crippen LogP contribution in [0.15, 0.2) is 41.3 Å². The summed E-state index contributed by atoms with van der Waals surface area (Å²) < 4.78 is 72.4. The summed E-state index contributed by atoms with van der Waals surface area (Å²) in [7, 11) is -1.58. The average Bonchev–Trinajstić information content (AvgIpc) is 2.84. The number of carboxylic acids is 1. The predicted molar refractivity (Wildman–Crippen MR) is 103 cm³/mol. The first-order chi connectivity index (χ1) is 14.1. The highest BCUT2D eigenvalue weighted by molar-refractivity contribution is 7.85. The molecule has 162 valence electrons. The van der Waals surface area contributed by atoms with Crippen LogP contribution in [0.3, 0.4) is 0 Å². The number of alkyl halides is 3. The molecule has 0 radical (unpaired) electrons. The number of ether oxygens (including phenoxy) is 1. The third-order valence-electron chi connectivity index (χ3n) is 4.66. The van der Waals surface area contributed by atoms with Crippen LogP contribution >= 0.6 is 0 Å². The number of rotatable bonds is 5. The van der Waals surface area contributed by atoms with E-state index in [0.29, 0.717) is 18.7 Å². The molecule has 1 heterocycles. The Bertz CT molecular complexity index is 963. The number of hydrogen-bond acceptors (Lipinski definition) is 4. The summed E-state index contributed by atoms with van der Waals surface area (Å²) in [5.74, 6) is -3.04. The van der Waals surface area contributed by atoms with Crippen molar-refractivity contribution in [3.8, 4) is 5.75 Å². The van der Waals surface area contributed by atoms with Crippen LogP contribution in [0, 0.1) is 11.7 Å². The van der Waals surface area contributed by atoms with Crippen molar-refractivity contribution in [1.82, 2.24) is 0 Å². The summed E-state index contributed by atoms with van der Waals surface area (Å²) in [5.41, 5.74) is -0.522. The summed E-state index contributed by atoms with van der Waals surface area (Å²) >= 11 is 0. The number of benzene rings is 2. The number of aliphatic carboxylic acids is 1. The Morgan fingerprint density at radius 3 is 2.53 bits per heavy atom. The van der Waals surface area contributed by atoms with Crippen LogP contribution in [-0.4, -0.2) is 34.2 Å². The highest BCUT2D eigenvalue weighted by Gasteiger charge is 2.37. The molecule has 2 unspecified atom stereocenters. The second-order valence-corrected chi connectivity index (χ2v) is 8.43. The van der Waals surface area contributed by atoms with Crippen LogP contribution in [0.25, 0.3) is 0 Å². The number of halogens is 4. The minimum absolute atomic E-state index is 0.100. The summed E-state index contributed by atoms with van der Waals surface area (Å²) in [6.45, 7) is 1.15. The van der Waals surface area contributed by atoms with Gasteiger partial charge in [-0.3, -0.25) is 9.00 Å². The lowest BCUT2D eigenvalue weighted by Crippen LogP contribution is -2.21. The molecule has 0 saturated carbocycles. The van der Waals surface area contributed by atoms with Crippen molar-refractivity contribution in [3.63, 3.8) is 0 Å². The van der Waals surface area contributed by atoms with Gasteiger partial charge in [0, 0.05) is 18.0 Å². The highest BCUT2D eigenvalue weighted by Crippen LogP contribution is 2.44. The molecule has 2 atom stereocenters. The maximum atomic E-state index is 13.7. The van der Waals surface area contributed by atoms with E-state index in [1.54, 1.807) is 4.90 Å². The van der Waals surface area contributed by atoms with E-state index in [1.807, 2.05) is 0 Å². The maximum absolute atomic E-state index is 13.7. The topological polar surface area (TPSA) is 66.8 Å². The Kier molecular flexibility index (Phi) is 6.35. The lowest BCUT2D eigenvalue weighted by atomic mass is 10.1. The number of carboxylic acid groups (broad SMARTS) is 1. The molecule has 1 aliphatic heterocycles. The fraction of sp³-hybridized carbons (Fsp3) is 0.350. The largest absolute Gasteiger partial charge is 0.492 e. The van der Waals surface area contributed by atoms with E-state index < -0.39 is 52.6 Å². The molecule has 0 aliphatic carbocycles. The van der Waals surface area contributed by atoms with E-state index in [1.165, 1.54) is 31.2 Å². The normalized spacial score (nSPS) is 17.8. The third kappa shape index (κ3) is 4.75. The minimum atomic E-state index is -4.78. The van der Waals surface area contributed by atoms with Gasteiger partial charge in [0.1, 0.15) is 18.2 Å². The Morgan fingerprint density at radius 1 is 1.27 bits per heavy atom. The smallest absolute Gasteiger partial charge is 0.420 e. The van der Waals surface area contributed by atoms with E-state index in [-0.39, 0.29) is 16.3 Å². The van der Waals surface area contributed by atoms with Crippen molar-refractivity contribution < 1.29 is 36.4 Å². The zero-order valence-corrected chi connectivity index (χ0v) is 16.7. The van der Waals surface area contributed by atoms with Gasteiger partial charge in [0.25, 0.3) is 0 Å². The van der Waals surface area contributed by atoms with Crippen molar-refractivity contribution in [2.24, 2.45) is 5.92 Å². The van der Waals surface area contributed by atoms with Gasteiger partial charge >= 0.3 is 12.1 Å². The van der Waals surface area contributed by atoms with Crippen LogP contribution in [0.5, 0.6) is 5.75 Å². The zero-order chi connectivity index (χ0) is 22.1. The highest BCUT2D eigenvalue weighted by atomic mass is 32.2. The summed E-state index contributed by atoms with van der Waals surface area (Å²) in [4.78, 5) is 12.7. The predicted octanol–water partition coefficient (Wildman–Crippen LogP) is 4.59. The van der Waals surface area contributed by atoms with E-state index in [4.69, 9.17) is 9.84 Å². The molecule has 0 saturated heterocycles. The monoisotopic (exact) mass is 445 g/mol. The molecule has 0 bridgehead atoms. The van der Waals surface area contributed by atoms with Crippen molar-refractivity contribution >= 4 is 28.1 Å². The molecule has 0 fully saturated rings. The van der Waals surface area contributed by atoms with Gasteiger partial charge in [-0.25, -0.2) is 4.39 Å². The second-order valence-electron chi connectivity index (χ2n) is 6.90. The van der Waals surface area contributed by atoms with E-state index >= 15 is 0 Å². The lowest BCUT2D eigenvalue weighted by molar-refractivity contribution is -0.142. The first kappa shape index (κ1) is 22.1. The Balaban J connectivity index is 2.11. The number of anilines is 2. The van der Waals surface area contributed by atoms with Crippen LogP contribution < -0.4 is 9.64 Å². The molecule has 30 heavy (non-hydrogen) atoms. The summed E-state index contributed by atoms with van der Waals surface area (Å²) in [6, 6.07) is 7.23. The maximum Gasteiger partial charge on any atom is 0.420 e. The molecule has 1 N–H and O–H groups in total. The van der Waals surface area contributed by atoms with Gasteiger partial charge < -0.3 is 14.7 Å². The minimum Gasteiger partial charge on any atom is -0.492 e. The molecule has 2 aromatic rings. The Labute approximate surface area is 172 Å². The third-order valence-corrected chi connectivity index (χ3v) is 6.14. The molecule has 0 spiro atoms. The summed E-state index contributed by atoms with van der Waals surface area (Å²) in [6.07, 6.45) is -4.33. The van der Waals surface area contributed by atoms with Gasteiger partial charge in [-0.15, -0.1) is 0 Å². The Hall–Kier alpha value is -2.62. The molecule has 0 aromatic heterocycles. The lowest BCUT2D eigenvalue weighted by Gasteiger charge is -2.26. The van der Waals surface area contributed by atoms with Crippen LogP contribution in [0.2, 0.25) is 0 Å². The number of carbonyl (C=O) groups is 1. The molecule has 2 aromatic carbocycles. The molecular weight excluding hydrogens is 426 g/mol. The second kappa shape index (κ2) is 8.63. The molecule has 0 amide bonds. The van der Waals surface area contributed by atoms with Gasteiger partial charge in [0.15, 0.2) is 0 Å². The van der Waals surface area contributed by atoms with Gasteiger partial charge in [0.2, 0.25) is 0 Å². The number of nitrogens with zero attached hydrogens (tertiary/aromatic N) is 1. The quantitative estimate of drug-likeness (QED) is 0.682. The molecule has 1 aliphatic rings. The standard InChI is InChI=1S/C20H19F4NO4S/c1-12(19(26)27)11-29-17-10-18-16(9-15(17)20(22,23)24)25(7-2-8-30(18)28)14-5-3-13(21)4-6-14/h3-6,9-10,12H,2,7-8,11H2,1H3,(H,26,27). The van der Waals surface area contributed by atoms with Crippen LogP contribution in [-0.2, 0) is 21.8 Å². The molecule has 3 rings (SSSR count). The van der Waals surface area contributed by atoms with E-state index in [0.717, 1.165) is 12.1 Å². The zero-order valence-electron chi connectivity index (χ0n) is 15.9. The van der Waals surface area contributed by atoms with Gasteiger partial charge in [0.05, 0.1) is 32.9 Å². The SMILES string of the molecule is CC(COc1cc2c(cc1C(F)(F)F)N(c1ccc(F)cc1)CCCS2=O)C(=O)O. The van der Waals surface area contributed by atoms with Crippen LogP contribution in [0.1, 0.15) is 18.9 Å².